The number of carbonyl (C=O) groups excluding carboxylic acids is 3. The highest BCUT2D eigenvalue weighted by Gasteiger charge is 2.15. The predicted octanol–water partition coefficient (Wildman–Crippen LogP) is 2.98. The Hall–Kier alpha value is -3.55. The number of ketones is 1. The first-order valence-corrected chi connectivity index (χ1v) is 7.75. The Morgan fingerprint density at radius 1 is 1.08 bits per heavy atom. The third-order valence-electron chi connectivity index (χ3n) is 3.44. The molecule has 0 saturated carbocycles. The fraction of sp³-hybridized carbons (Fsp3) is 0.167. The first-order chi connectivity index (χ1) is 12.4. The highest BCUT2D eigenvalue weighted by atomic mass is 16.6. The van der Waals surface area contributed by atoms with Gasteiger partial charge in [-0.25, -0.2) is 4.79 Å². The van der Waals surface area contributed by atoms with Crippen LogP contribution in [0.4, 0.5) is 11.4 Å². The van der Waals surface area contributed by atoms with Crippen LogP contribution in [0, 0.1) is 10.1 Å². The number of nitrogens with zero attached hydrogens (tertiary/aromatic N) is 1. The highest BCUT2D eigenvalue weighted by molar-refractivity contribution is 6.00. The van der Waals surface area contributed by atoms with Gasteiger partial charge in [-0.1, -0.05) is 13.0 Å². The van der Waals surface area contributed by atoms with E-state index in [0.717, 1.165) is 6.07 Å². The number of ether oxygens (including phenoxy) is 1. The van der Waals surface area contributed by atoms with Gasteiger partial charge in [-0.3, -0.25) is 19.7 Å². The fourth-order valence-corrected chi connectivity index (χ4v) is 2.03. The first kappa shape index (κ1) is 18.8. The van der Waals surface area contributed by atoms with Gasteiger partial charge in [0, 0.05) is 29.8 Å². The maximum absolute atomic E-state index is 12.1. The summed E-state index contributed by atoms with van der Waals surface area (Å²) in [6.45, 7) is 1.23. The van der Waals surface area contributed by atoms with E-state index in [0.29, 0.717) is 17.7 Å². The van der Waals surface area contributed by atoms with Crippen LogP contribution >= 0.6 is 0 Å². The quantitative estimate of drug-likeness (QED) is 0.353. The molecular weight excluding hydrogens is 340 g/mol. The molecule has 0 aromatic heterocycles. The molecular formula is C18H16N2O6. The number of esters is 1. The van der Waals surface area contributed by atoms with Crippen LogP contribution in [0.15, 0.2) is 48.5 Å². The van der Waals surface area contributed by atoms with Crippen LogP contribution in [0.2, 0.25) is 0 Å². The van der Waals surface area contributed by atoms with E-state index in [2.05, 4.69) is 5.32 Å². The van der Waals surface area contributed by atoms with Gasteiger partial charge in [0.25, 0.3) is 5.69 Å². The minimum atomic E-state index is -0.825. The van der Waals surface area contributed by atoms with E-state index in [1.807, 2.05) is 0 Å². The number of rotatable bonds is 7. The first-order valence-electron chi connectivity index (χ1n) is 7.75. The second-order valence-electron chi connectivity index (χ2n) is 5.29. The second-order valence-corrected chi connectivity index (χ2v) is 5.29. The molecule has 8 heteroatoms. The maximum atomic E-state index is 12.1. The minimum absolute atomic E-state index is 0.00961. The van der Waals surface area contributed by atoms with Crippen LogP contribution in [0.3, 0.4) is 0 Å². The van der Waals surface area contributed by atoms with E-state index in [9.17, 15) is 24.5 Å². The Balaban J connectivity index is 1.95. The predicted molar refractivity (Wildman–Crippen MR) is 93.1 cm³/mol. The van der Waals surface area contributed by atoms with Crippen molar-refractivity contribution in [3.63, 3.8) is 0 Å². The molecule has 1 N–H and O–H groups in total. The summed E-state index contributed by atoms with van der Waals surface area (Å²) < 4.78 is 4.91. The Labute approximate surface area is 148 Å². The molecule has 0 spiro atoms. The van der Waals surface area contributed by atoms with Crippen molar-refractivity contribution in [2.24, 2.45) is 0 Å². The van der Waals surface area contributed by atoms with Crippen molar-refractivity contribution in [1.29, 1.82) is 0 Å². The van der Waals surface area contributed by atoms with Gasteiger partial charge >= 0.3 is 5.97 Å². The summed E-state index contributed by atoms with van der Waals surface area (Å²) in [5, 5.41) is 13.4. The zero-order valence-electron chi connectivity index (χ0n) is 13.9. The number of benzene rings is 2. The molecule has 2 aromatic carbocycles. The van der Waals surface area contributed by atoms with Gasteiger partial charge in [-0.05, 0) is 30.3 Å². The number of carbonyl (C=O) groups is 3. The Bertz CT molecular complexity index is 845. The smallest absolute Gasteiger partial charge is 0.338 e. The molecule has 0 saturated heterocycles. The van der Waals surface area contributed by atoms with Crippen molar-refractivity contribution >= 4 is 29.0 Å². The molecule has 0 heterocycles. The van der Waals surface area contributed by atoms with Gasteiger partial charge in [0.1, 0.15) is 0 Å². The lowest BCUT2D eigenvalue weighted by Gasteiger charge is -2.06. The van der Waals surface area contributed by atoms with E-state index >= 15 is 0 Å². The molecule has 0 unspecified atom stereocenters. The summed E-state index contributed by atoms with van der Waals surface area (Å²) in [5.41, 5.74) is 0.619. The van der Waals surface area contributed by atoms with Crippen LogP contribution in [0.5, 0.6) is 0 Å². The molecule has 8 nitrogen and oxygen atoms in total. The number of Topliss-reactive ketones (excluding diaryl/α,β-unsaturated/α-hetero) is 1. The van der Waals surface area contributed by atoms with Crippen LogP contribution in [0.1, 0.15) is 34.1 Å². The lowest BCUT2D eigenvalue weighted by molar-refractivity contribution is -0.384. The normalized spacial score (nSPS) is 10.0. The van der Waals surface area contributed by atoms with Crippen LogP contribution in [-0.2, 0) is 9.53 Å². The van der Waals surface area contributed by atoms with E-state index in [4.69, 9.17) is 4.74 Å². The average Bonchev–Trinajstić information content (AvgIpc) is 2.66. The van der Waals surface area contributed by atoms with Crippen molar-refractivity contribution < 1.29 is 24.0 Å². The number of nitrogens with one attached hydrogen (secondary N) is 1. The molecule has 0 bridgehead atoms. The number of amides is 1. The van der Waals surface area contributed by atoms with Gasteiger partial charge in [-0.2, -0.15) is 0 Å². The maximum Gasteiger partial charge on any atom is 0.338 e. The van der Waals surface area contributed by atoms with E-state index in [1.54, 1.807) is 19.1 Å². The van der Waals surface area contributed by atoms with Crippen molar-refractivity contribution in [1.82, 2.24) is 0 Å². The van der Waals surface area contributed by atoms with Crippen molar-refractivity contribution in [3.05, 3.63) is 69.8 Å². The van der Waals surface area contributed by atoms with Crippen molar-refractivity contribution in [2.45, 2.75) is 13.3 Å². The monoisotopic (exact) mass is 356 g/mol. The number of non-ortho nitro benzene ring substituents is 1. The van der Waals surface area contributed by atoms with Gasteiger partial charge < -0.3 is 10.1 Å². The number of hydrogen-bond donors (Lipinski definition) is 1. The summed E-state index contributed by atoms with van der Waals surface area (Å²) >= 11 is 0. The van der Waals surface area contributed by atoms with Crippen LogP contribution in [0.25, 0.3) is 0 Å². The Kier molecular flexibility index (Phi) is 6.15. The van der Waals surface area contributed by atoms with E-state index in [1.165, 1.54) is 30.3 Å². The van der Waals surface area contributed by atoms with Crippen LogP contribution < -0.4 is 5.32 Å². The number of anilines is 1. The SMILES string of the molecule is CCC(=O)Nc1ccc(C(=O)COC(=O)c2cccc([N+](=O)[O-])c2)cc1. The molecule has 2 aromatic rings. The molecule has 0 fully saturated rings. The molecule has 2 rings (SSSR count). The minimum Gasteiger partial charge on any atom is -0.454 e. The van der Waals surface area contributed by atoms with Gasteiger partial charge in [-0.15, -0.1) is 0 Å². The lowest BCUT2D eigenvalue weighted by atomic mass is 10.1. The summed E-state index contributed by atoms with van der Waals surface area (Å²) in [7, 11) is 0. The van der Waals surface area contributed by atoms with Crippen molar-refractivity contribution in [3.8, 4) is 0 Å². The number of nitro benzene ring substituents is 1. The molecule has 0 aliphatic carbocycles. The summed E-state index contributed by atoms with van der Waals surface area (Å²) in [6, 6.07) is 11.2. The summed E-state index contributed by atoms with van der Waals surface area (Å²) in [4.78, 5) is 45.4. The van der Waals surface area contributed by atoms with Gasteiger partial charge in [0.15, 0.2) is 12.4 Å². The fourth-order valence-electron chi connectivity index (χ4n) is 2.03. The van der Waals surface area contributed by atoms with Gasteiger partial charge in [0.2, 0.25) is 5.91 Å². The Morgan fingerprint density at radius 3 is 2.38 bits per heavy atom. The molecule has 1 amide bonds. The number of hydrogen-bond acceptors (Lipinski definition) is 6. The molecule has 0 atom stereocenters. The van der Waals surface area contributed by atoms with Gasteiger partial charge in [0.05, 0.1) is 10.5 Å². The Morgan fingerprint density at radius 2 is 1.77 bits per heavy atom. The molecule has 26 heavy (non-hydrogen) atoms. The van der Waals surface area contributed by atoms with E-state index < -0.39 is 23.3 Å². The second kappa shape index (κ2) is 8.52. The zero-order chi connectivity index (χ0) is 19.1. The third-order valence-corrected chi connectivity index (χ3v) is 3.44. The zero-order valence-corrected chi connectivity index (χ0v) is 13.9. The molecule has 0 aliphatic rings. The summed E-state index contributed by atoms with van der Waals surface area (Å²) in [5.74, 6) is -1.40. The van der Waals surface area contributed by atoms with Crippen molar-refractivity contribution in [2.75, 3.05) is 11.9 Å². The molecule has 0 radical (unpaired) electrons. The lowest BCUT2D eigenvalue weighted by Crippen LogP contribution is -2.14. The largest absolute Gasteiger partial charge is 0.454 e. The summed E-state index contributed by atoms with van der Waals surface area (Å²) in [6.07, 6.45) is 0.342. The number of nitro groups is 1. The van der Waals surface area contributed by atoms with Crippen LogP contribution in [-0.4, -0.2) is 29.2 Å². The molecule has 0 aliphatic heterocycles. The average molecular weight is 356 g/mol. The standard InChI is InChI=1S/C18H16N2O6/c1-2-17(22)19-14-8-6-12(7-9-14)16(21)11-26-18(23)13-4-3-5-15(10-13)20(24)25/h3-10H,2,11H2,1H3,(H,19,22). The highest BCUT2D eigenvalue weighted by Crippen LogP contribution is 2.15. The topological polar surface area (TPSA) is 116 Å². The molecule has 134 valence electrons. The van der Waals surface area contributed by atoms with E-state index in [-0.39, 0.29) is 17.2 Å². The third kappa shape index (κ3) is 4.97.